The molecule has 0 radical (unpaired) electrons. The summed E-state index contributed by atoms with van der Waals surface area (Å²) in [6.45, 7) is 2.85. The van der Waals surface area contributed by atoms with Crippen molar-refractivity contribution in [3.05, 3.63) is 35.4 Å². The van der Waals surface area contributed by atoms with Crippen LogP contribution in [0.3, 0.4) is 0 Å². The van der Waals surface area contributed by atoms with Crippen molar-refractivity contribution in [3.63, 3.8) is 0 Å². The van der Waals surface area contributed by atoms with Crippen LogP contribution >= 0.6 is 0 Å². The van der Waals surface area contributed by atoms with Gasteiger partial charge in [-0.25, -0.2) is 0 Å². The second-order valence-corrected chi connectivity index (χ2v) is 2.72. The molecule has 0 saturated heterocycles. The SMILES string of the molecule is CCCc1ccccc1CN. The van der Waals surface area contributed by atoms with Crippen molar-refractivity contribution < 1.29 is 0 Å². The molecule has 1 heteroatoms. The fraction of sp³-hybridized carbons (Fsp3) is 0.400. The van der Waals surface area contributed by atoms with Crippen LogP contribution in [0.4, 0.5) is 0 Å². The topological polar surface area (TPSA) is 26.0 Å². The number of benzene rings is 1. The molecule has 0 unspecified atom stereocenters. The second kappa shape index (κ2) is 4.14. The van der Waals surface area contributed by atoms with Crippen molar-refractivity contribution in [1.29, 1.82) is 0 Å². The molecule has 0 aromatic heterocycles. The van der Waals surface area contributed by atoms with Crippen LogP contribution in [-0.4, -0.2) is 0 Å². The molecule has 0 aliphatic carbocycles. The number of aryl methyl sites for hydroxylation is 1. The third-order valence-electron chi connectivity index (χ3n) is 1.86. The lowest BCUT2D eigenvalue weighted by Crippen LogP contribution is -2.00. The monoisotopic (exact) mass is 149 g/mol. The molecular weight excluding hydrogens is 134 g/mol. The van der Waals surface area contributed by atoms with Crippen LogP contribution in [-0.2, 0) is 13.0 Å². The van der Waals surface area contributed by atoms with E-state index < -0.39 is 0 Å². The van der Waals surface area contributed by atoms with E-state index in [0.29, 0.717) is 6.54 Å². The largest absolute Gasteiger partial charge is 0.326 e. The quantitative estimate of drug-likeness (QED) is 0.699. The van der Waals surface area contributed by atoms with Crippen LogP contribution in [0.5, 0.6) is 0 Å². The van der Waals surface area contributed by atoms with Gasteiger partial charge in [0.05, 0.1) is 0 Å². The Kier molecular flexibility index (Phi) is 3.12. The summed E-state index contributed by atoms with van der Waals surface area (Å²) in [5.74, 6) is 0. The minimum Gasteiger partial charge on any atom is -0.326 e. The van der Waals surface area contributed by atoms with Crippen LogP contribution in [0.2, 0.25) is 0 Å². The van der Waals surface area contributed by atoms with E-state index in [4.69, 9.17) is 5.73 Å². The smallest absolute Gasteiger partial charge is 0.0180 e. The van der Waals surface area contributed by atoms with Gasteiger partial charge in [-0.15, -0.1) is 0 Å². The Balaban J connectivity index is 2.83. The molecular formula is C10H15N. The molecule has 0 amide bonds. The minimum absolute atomic E-state index is 0.663. The molecule has 0 saturated carbocycles. The van der Waals surface area contributed by atoms with E-state index in [0.717, 1.165) is 6.42 Å². The predicted octanol–water partition coefficient (Wildman–Crippen LogP) is 2.10. The fourth-order valence-corrected chi connectivity index (χ4v) is 1.27. The first-order valence-corrected chi connectivity index (χ1v) is 4.15. The summed E-state index contributed by atoms with van der Waals surface area (Å²) in [5, 5.41) is 0. The summed E-state index contributed by atoms with van der Waals surface area (Å²) in [6.07, 6.45) is 2.34. The van der Waals surface area contributed by atoms with Gasteiger partial charge in [-0.05, 0) is 17.5 Å². The van der Waals surface area contributed by atoms with Gasteiger partial charge in [-0.2, -0.15) is 0 Å². The van der Waals surface area contributed by atoms with Crippen molar-refractivity contribution in [2.45, 2.75) is 26.3 Å². The highest BCUT2D eigenvalue weighted by molar-refractivity contribution is 5.26. The molecule has 0 fully saturated rings. The molecule has 1 aromatic rings. The third-order valence-corrected chi connectivity index (χ3v) is 1.86. The van der Waals surface area contributed by atoms with Crippen LogP contribution in [0, 0.1) is 0 Å². The first-order chi connectivity index (χ1) is 5.38. The van der Waals surface area contributed by atoms with Crippen molar-refractivity contribution in [1.82, 2.24) is 0 Å². The maximum Gasteiger partial charge on any atom is 0.0180 e. The van der Waals surface area contributed by atoms with Crippen molar-refractivity contribution >= 4 is 0 Å². The van der Waals surface area contributed by atoms with Gasteiger partial charge in [0, 0.05) is 6.54 Å². The summed E-state index contributed by atoms with van der Waals surface area (Å²) in [6, 6.07) is 8.38. The van der Waals surface area contributed by atoms with Crippen LogP contribution in [0.25, 0.3) is 0 Å². The van der Waals surface area contributed by atoms with E-state index >= 15 is 0 Å². The molecule has 1 nitrogen and oxygen atoms in total. The first kappa shape index (κ1) is 8.28. The van der Waals surface area contributed by atoms with Gasteiger partial charge in [0.2, 0.25) is 0 Å². The molecule has 0 atom stereocenters. The lowest BCUT2D eigenvalue weighted by Gasteiger charge is -2.04. The molecule has 1 aromatic carbocycles. The number of nitrogens with two attached hydrogens (primary N) is 1. The average Bonchev–Trinajstić information content (AvgIpc) is 2.06. The fourth-order valence-electron chi connectivity index (χ4n) is 1.27. The summed E-state index contributed by atoms with van der Waals surface area (Å²) in [7, 11) is 0. The molecule has 11 heavy (non-hydrogen) atoms. The molecule has 2 N–H and O–H groups in total. The number of hydrogen-bond donors (Lipinski definition) is 1. The van der Waals surface area contributed by atoms with Crippen LogP contribution in [0.15, 0.2) is 24.3 Å². The Morgan fingerprint density at radius 2 is 1.82 bits per heavy atom. The molecule has 1 rings (SSSR count). The first-order valence-electron chi connectivity index (χ1n) is 4.15. The van der Waals surface area contributed by atoms with Gasteiger partial charge in [-0.3, -0.25) is 0 Å². The number of rotatable bonds is 3. The molecule has 0 heterocycles. The highest BCUT2D eigenvalue weighted by Crippen LogP contribution is 2.09. The van der Waals surface area contributed by atoms with Gasteiger partial charge in [0.15, 0.2) is 0 Å². The standard InChI is InChI=1S/C10H15N/c1-2-5-9-6-3-4-7-10(9)8-11/h3-4,6-7H,2,5,8,11H2,1H3. The number of hydrogen-bond acceptors (Lipinski definition) is 1. The zero-order valence-electron chi connectivity index (χ0n) is 7.01. The minimum atomic E-state index is 0.663. The van der Waals surface area contributed by atoms with Gasteiger partial charge in [0.25, 0.3) is 0 Å². The Labute approximate surface area is 68.2 Å². The maximum absolute atomic E-state index is 5.58. The van der Waals surface area contributed by atoms with E-state index in [1.54, 1.807) is 0 Å². The maximum atomic E-state index is 5.58. The Morgan fingerprint density at radius 1 is 1.18 bits per heavy atom. The normalized spacial score (nSPS) is 10.0. The van der Waals surface area contributed by atoms with E-state index in [1.165, 1.54) is 17.5 Å². The highest BCUT2D eigenvalue weighted by atomic mass is 14.5. The van der Waals surface area contributed by atoms with E-state index in [1.807, 2.05) is 6.07 Å². The predicted molar refractivity (Wildman–Crippen MR) is 48.3 cm³/mol. The van der Waals surface area contributed by atoms with Crippen LogP contribution in [0.1, 0.15) is 24.5 Å². The molecule has 0 spiro atoms. The summed E-state index contributed by atoms with van der Waals surface area (Å²) in [5.41, 5.74) is 8.27. The van der Waals surface area contributed by atoms with Gasteiger partial charge < -0.3 is 5.73 Å². The van der Waals surface area contributed by atoms with Crippen molar-refractivity contribution in [2.75, 3.05) is 0 Å². The molecule has 0 aliphatic rings. The zero-order chi connectivity index (χ0) is 8.10. The third kappa shape index (κ3) is 2.05. The second-order valence-electron chi connectivity index (χ2n) is 2.72. The Bertz CT molecular complexity index is 218. The van der Waals surface area contributed by atoms with Gasteiger partial charge in [0.1, 0.15) is 0 Å². The van der Waals surface area contributed by atoms with E-state index in [9.17, 15) is 0 Å². The lowest BCUT2D eigenvalue weighted by molar-refractivity contribution is 0.893. The van der Waals surface area contributed by atoms with Crippen LogP contribution < -0.4 is 5.73 Å². The highest BCUT2D eigenvalue weighted by Gasteiger charge is 1.96. The van der Waals surface area contributed by atoms with Crippen molar-refractivity contribution in [3.8, 4) is 0 Å². The van der Waals surface area contributed by atoms with Gasteiger partial charge in [-0.1, -0.05) is 37.6 Å². The van der Waals surface area contributed by atoms with E-state index in [-0.39, 0.29) is 0 Å². The summed E-state index contributed by atoms with van der Waals surface area (Å²) >= 11 is 0. The van der Waals surface area contributed by atoms with E-state index in [2.05, 4.69) is 25.1 Å². The average molecular weight is 149 g/mol. The van der Waals surface area contributed by atoms with Gasteiger partial charge >= 0.3 is 0 Å². The summed E-state index contributed by atoms with van der Waals surface area (Å²) in [4.78, 5) is 0. The molecule has 60 valence electrons. The summed E-state index contributed by atoms with van der Waals surface area (Å²) < 4.78 is 0. The Morgan fingerprint density at radius 3 is 2.36 bits per heavy atom. The molecule has 0 bridgehead atoms. The Hall–Kier alpha value is -0.820. The zero-order valence-corrected chi connectivity index (χ0v) is 7.01. The van der Waals surface area contributed by atoms with Crippen molar-refractivity contribution in [2.24, 2.45) is 5.73 Å². The lowest BCUT2D eigenvalue weighted by atomic mass is 10.0. The molecule has 0 aliphatic heterocycles.